The van der Waals surface area contributed by atoms with Crippen molar-refractivity contribution in [1.82, 2.24) is 5.32 Å². The van der Waals surface area contributed by atoms with Crippen LogP contribution >= 0.6 is 11.8 Å². The van der Waals surface area contributed by atoms with Crippen molar-refractivity contribution in [3.05, 3.63) is 33.9 Å². The fourth-order valence-electron chi connectivity index (χ4n) is 2.51. The number of hydrogen-bond acceptors (Lipinski definition) is 5. The van der Waals surface area contributed by atoms with Gasteiger partial charge in [-0.1, -0.05) is 0 Å². The van der Waals surface area contributed by atoms with Crippen LogP contribution in [0.4, 0.5) is 5.69 Å². The molecule has 0 atom stereocenters. The van der Waals surface area contributed by atoms with Gasteiger partial charge in [-0.15, -0.1) is 11.8 Å². The Morgan fingerprint density at radius 2 is 2.05 bits per heavy atom. The predicted octanol–water partition coefficient (Wildman–Crippen LogP) is 2.32. The number of carbonyl (C=O) groups excluding carboxylic acids is 1. The van der Waals surface area contributed by atoms with Gasteiger partial charge in [0, 0.05) is 23.7 Å². The first-order valence-corrected chi connectivity index (χ1v) is 8.12. The van der Waals surface area contributed by atoms with Gasteiger partial charge in [-0.3, -0.25) is 14.9 Å². The minimum atomic E-state index is -0.456. The third-order valence-electron chi connectivity index (χ3n) is 3.74. The number of nitrogens with zero attached hydrogens (tertiary/aromatic N) is 1. The van der Waals surface area contributed by atoms with Gasteiger partial charge in [-0.05, 0) is 44.1 Å². The van der Waals surface area contributed by atoms with Gasteiger partial charge >= 0.3 is 0 Å². The molecule has 114 valence electrons. The van der Waals surface area contributed by atoms with Crippen LogP contribution in [0.15, 0.2) is 23.1 Å². The molecule has 2 rings (SSSR count). The Balaban J connectivity index is 2.09. The Kier molecular flexibility index (Phi) is 5.19. The highest BCUT2D eigenvalue weighted by Crippen LogP contribution is 2.28. The smallest absolute Gasteiger partial charge is 0.283 e. The molecule has 1 aliphatic carbocycles. The summed E-state index contributed by atoms with van der Waals surface area (Å²) in [6.07, 6.45) is 5.29. The molecule has 0 aromatic heterocycles. The van der Waals surface area contributed by atoms with E-state index in [1.807, 2.05) is 0 Å². The zero-order chi connectivity index (χ0) is 15.4. The van der Waals surface area contributed by atoms with E-state index in [2.05, 4.69) is 5.32 Å². The lowest BCUT2D eigenvalue weighted by atomic mass is 9.91. The summed E-state index contributed by atoms with van der Waals surface area (Å²) < 4.78 is 0. The van der Waals surface area contributed by atoms with Crippen LogP contribution in [-0.4, -0.2) is 29.2 Å². The lowest BCUT2D eigenvalue weighted by Gasteiger charge is -2.26. The average molecular weight is 309 g/mol. The van der Waals surface area contributed by atoms with Crippen molar-refractivity contribution < 1.29 is 9.72 Å². The predicted molar refractivity (Wildman–Crippen MR) is 82.6 cm³/mol. The van der Waals surface area contributed by atoms with Crippen molar-refractivity contribution in [2.24, 2.45) is 5.73 Å². The number of nitrogens with one attached hydrogen (secondary N) is 1. The van der Waals surface area contributed by atoms with Gasteiger partial charge in [-0.2, -0.15) is 0 Å². The van der Waals surface area contributed by atoms with Crippen molar-refractivity contribution in [3.8, 4) is 0 Å². The van der Waals surface area contributed by atoms with E-state index in [9.17, 15) is 14.9 Å². The van der Waals surface area contributed by atoms with E-state index in [1.165, 1.54) is 17.8 Å². The molecule has 0 saturated heterocycles. The molecule has 7 heteroatoms. The van der Waals surface area contributed by atoms with E-state index in [4.69, 9.17) is 5.73 Å². The lowest BCUT2D eigenvalue weighted by molar-refractivity contribution is -0.387. The number of benzene rings is 1. The largest absolute Gasteiger partial charge is 0.349 e. The molecule has 0 spiro atoms. The van der Waals surface area contributed by atoms with E-state index in [0.29, 0.717) is 10.5 Å². The van der Waals surface area contributed by atoms with E-state index >= 15 is 0 Å². The Hall–Kier alpha value is -1.60. The van der Waals surface area contributed by atoms with Crippen molar-refractivity contribution in [2.45, 2.75) is 42.7 Å². The number of nitrogens with two attached hydrogens (primary N) is 1. The molecule has 0 unspecified atom stereocenters. The molecular formula is C14H19N3O3S. The highest BCUT2D eigenvalue weighted by atomic mass is 32.2. The SMILES string of the molecule is CSc1ccc(C(=O)NC2CCC(N)CC2)cc1[N+](=O)[O-]. The molecule has 0 aliphatic heterocycles. The van der Waals surface area contributed by atoms with Crippen LogP contribution in [0.5, 0.6) is 0 Å². The summed E-state index contributed by atoms with van der Waals surface area (Å²) >= 11 is 1.29. The maximum Gasteiger partial charge on any atom is 0.283 e. The molecule has 1 saturated carbocycles. The third kappa shape index (κ3) is 3.95. The summed E-state index contributed by atoms with van der Waals surface area (Å²) in [6, 6.07) is 4.92. The van der Waals surface area contributed by atoms with Crippen LogP contribution in [-0.2, 0) is 0 Å². The molecule has 1 fully saturated rings. The van der Waals surface area contributed by atoms with Gasteiger partial charge in [0.1, 0.15) is 0 Å². The van der Waals surface area contributed by atoms with Crippen LogP contribution in [0.25, 0.3) is 0 Å². The molecular weight excluding hydrogens is 290 g/mol. The molecule has 1 aromatic carbocycles. The molecule has 1 amide bonds. The molecule has 3 N–H and O–H groups in total. The van der Waals surface area contributed by atoms with Crippen LogP contribution in [0, 0.1) is 10.1 Å². The van der Waals surface area contributed by atoms with Crippen LogP contribution in [0.2, 0.25) is 0 Å². The normalized spacial score (nSPS) is 21.8. The first kappa shape index (κ1) is 15.8. The fourth-order valence-corrected chi connectivity index (χ4v) is 3.05. The molecule has 1 aliphatic rings. The van der Waals surface area contributed by atoms with Crippen LogP contribution in [0.1, 0.15) is 36.0 Å². The van der Waals surface area contributed by atoms with Gasteiger partial charge in [-0.25, -0.2) is 0 Å². The molecule has 21 heavy (non-hydrogen) atoms. The van der Waals surface area contributed by atoms with Crippen molar-refractivity contribution in [3.63, 3.8) is 0 Å². The third-order valence-corrected chi connectivity index (χ3v) is 4.53. The minimum Gasteiger partial charge on any atom is -0.349 e. The summed E-state index contributed by atoms with van der Waals surface area (Å²) in [4.78, 5) is 23.3. The second-order valence-corrected chi connectivity index (χ2v) is 6.08. The highest BCUT2D eigenvalue weighted by Gasteiger charge is 2.22. The number of carbonyl (C=O) groups is 1. The summed E-state index contributed by atoms with van der Waals surface area (Å²) in [6.45, 7) is 0. The average Bonchev–Trinajstić information content (AvgIpc) is 2.48. The highest BCUT2D eigenvalue weighted by molar-refractivity contribution is 7.98. The van der Waals surface area contributed by atoms with Gasteiger partial charge in [0.05, 0.1) is 9.82 Å². The lowest BCUT2D eigenvalue weighted by Crippen LogP contribution is -2.40. The number of hydrogen-bond donors (Lipinski definition) is 2. The number of nitro groups is 1. The maximum atomic E-state index is 12.2. The monoisotopic (exact) mass is 309 g/mol. The molecule has 0 heterocycles. The summed E-state index contributed by atoms with van der Waals surface area (Å²) in [5.74, 6) is -0.258. The summed E-state index contributed by atoms with van der Waals surface area (Å²) in [7, 11) is 0. The molecule has 6 nitrogen and oxygen atoms in total. The number of nitro benzene ring substituents is 1. The zero-order valence-electron chi connectivity index (χ0n) is 11.9. The quantitative estimate of drug-likeness (QED) is 0.505. The standard InChI is InChI=1S/C14H19N3O3S/c1-21-13-7-2-9(8-12(13)17(19)20)14(18)16-11-5-3-10(15)4-6-11/h2,7-8,10-11H,3-6,15H2,1H3,(H,16,18). The topological polar surface area (TPSA) is 98.3 Å². The minimum absolute atomic E-state index is 0.0270. The van der Waals surface area contributed by atoms with E-state index in [1.54, 1.807) is 18.4 Å². The molecule has 0 bridgehead atoms. The summed E-state index contributed by atoms with van der Waals surface area (Å²) in [5.41, 5.74) is 6.14. The van der Waals surface area contributed by atoms with Crippen molar-refractivity contribution in [2.75, 3.05) is 6.26 Å². The number of rotatable bonds is 4. The number of amides is 1. The second kappa shape index (κ2) is 6.91. The van der Waals surface area contributed by atoms with Crippen molar-refractivity contribution >= 4 is 23.4 Å². The van der Waals surface area contributed by atoms with Gasteiger partial charge < -0.3 is 11.1 Å². The van der Waals surface area contributed by atoms with Gasteiger partial charge in [0.25, 0.3) is 11.6 Å². The van der Waals surface area contributed by atoms with Crippen LogP contribution in [0.3, 0.4) is 0 Å². The first-order chi connectivity index (χ1) is 10.0. The Morgan fingerprint density at radius 3 is 2.62 bits per heavy atom. The van der Waals surface area contributed by atoms with E-state index < -0.39 is 4.92 Å². The first-order valence-electron chi connectivity index (χ1n) is 6.90. The second-order valence-electron chi connectivity index (χ2n) is 5.23. The zero-order valence-corrected chi connectivity index (χ0v) is 12.7. The van der Waals surface area contributed by atoms with E-state index in [-0.39, 0.29) is 23.7 Å². The molecule has 0 radical (unpaired) electrons. The van der Waals surface area contributed by atoms with Gasteiger partial charge in [0.2, 0.25) is 0 Å². The van der Waals surface area contributed by atoms with Crippen LogP contribution < -0.4 is 11.1 Å². The Labute approximate surface area is 127 Å². The van der Waals surface area contributed by atoms with E-state index in [0.717, 1.165) is 25.7 Å². The Bertz CT molecular complexity index is 542. The van der Waals surface area contributed by atoms with Gasteiger partial charge in [0.15, 0.2) is 0 Å². The fraction of sp³-hybridized carbons (Fsp3) is 0.500. The number of thioether (sulfide) groups is 1. The maximum absolute atomic E-state index is 12.2. The Morgan fingerprint density at radius 1 is 1.38 bits per heavy atom. The van der Waals surface area contributed by atoms with Crippen molar-refractivity contribution in [1.29, 1.82) is 0 Å². The molecule has 1 aromatic rings. The summed E-state index contributed by atoms with van der Waals surface area (Å²) in [5, 5.41) is 14.0.